The fourth-order valence-electron chi connectivity index (χ4n) is 3.22. The van der Waals surface area contributed by atoms with Gasteiger partial charge in [-0.1, -0.05) is 16.8 Å². The molecule has 0 aromatic carbocycles. The van der Waals surface area contributed by atoms with Gasteiger partial charge in [-0.05, 0) is 32.9 Å². The van der Waals surface area contributed by atoms with Crippen molar-refractivity contribution >= 4 is 38.9 Å². The number of nitrogens with zero attached hydrogens (tertiary/aromatic N) is 3. The highest BCUT2D eigenvalue weighted by molar-refractivity contribution is 7.91. The molecule has 3 rings (SSSR count). The molecule has 1 fully saturated rings. The Bertz CT molecular complexity index is 894. The van der Waals surface area contributed by atoms with Crippen LogP contribution in [0.15, 0.2) is 20.9 Å². The quantitative estimate of drug-likeness (QED) is 0.763. The summed E-state index contributed by atoms with van der Waals surface area (Å²) in [6.07, 6.45) is 0. The van der Waals surface area contributed by atoms with Gasteiger partial charge in [-0.2, -0.15) is 4.31 Å². The first-order valence-corrected chi connectivity index (χ1v) is 10.8. The molecule has 26 heavy (non-hydrogen) atoms. The maximum atomic E-state index is 12.8. The molecule has 0 bridgehead atoms. The van der Waals surface area contributed by atoms with E-state index < -0.39 is 10.0 Å². The Morgan fingerprint density at radius 2 is 1.92 bits per heavy atom. The standard InChI is InChI=1S/C16H20ClN3O4S2/c1-10(15-11(2)18-24-12(15)3)16(21)19-6-8-20(9-7-19)26(22,23)14-5-4-13(17)25-14/h4-5,10H,6-9H2,1-3H3. The molecule has 2 aromatic heterocycles. The lowest BCUT2D eigenvalue weighted by Gasteiger charge is -2.35. The molecule has 1 aliphatic heterocycles. The summed E-state index contributed by atoms with van der Waals surface area (Å²) in [4.78, 5) is 14.5. The molecule has 142 valence electrons. The van der Waals surface area contributed by atoms with Crippen LogP contribution in [0.3, 0.4) is 0 Å². The van der Waals surface area contributed by atoms with Crippen LogP contribution in [-0.4, -0.2) is 54.9 Å². The summed E-state index contributed by atoms with van der Waals surface area (Å²) in [6.45, 7) is 6.65. The predicted octanol–water partition coefficient (Wildman–Crippen LogP) is 2.64. The summed E-state index contributed by atoms with van der Waals surface area (Å²) < 4.78 is 32.5. The van der Waals surface area contributed by atoms with Crippen molar-refractivity contribution in [1.82, 2.24) is 14.4 Å². The van der Waals surface area contributed by atoms with Crippen molar-refractivity contribution in [2.45, 2.75) is 30.9 Å². The lowest BCUT2D eigenvalue weighted by molar-refractivity contribution is -0.133. The van der Waals surface area contributed by atoms with Crippen LogP contribution in [-0.2, 0) is 14.8 Å². The number of carbonyl (C=O) groups is 1. The minimum atomic E-state index is -3.56. The second kappa shape index (κ2) is 7.30. The lowest BCUT2D eigenvalue weighted by Crippen LogP contribution is -2.51. The third kappa shape index (κ3) is 3.53. The number of carbonyl (C=O) groups excluding carboxylic acids is 1. The molecule has 1 saturated heterocycles. The van der Waals surface area contributed by atoms with E-state index in [2.05, 4.69) is 5.16 Å². The average Bonchev–Trinajstić information content (AvgIpc) is 3.20. The molecule has 0 saturated carbocycles. The van der Waals surface area contributed by atoms with Gasteiger partial charge in [0, 0.05) is 31.7 Å². The van der Waals surface area contributed by atoms with Crippen molar-refractivity contribution < 1.29 is 17.7 Å². The van der Waals surface area contributed by atoms with Gasteiger partial charge in [0.15, 0.2) is 0 Å². The van der Waals surface area contributed by atoms with Crippen LogP contribution in [0.5, 0.6) is 0 Å². The Labute approximate surface area is 161 Å². The molecule has 1 aliphatic rings. The Morgan fingerprint density at radius 3 is 2.42 bits per heavy atom. The maximum Gasteiger partial charge on any atom is 0.252 e. The molecule has 0 spiro atoms. The number of halogens is 1. The Hall–Kier alpha value is -1.42. The number of hydrogen-bond donors (Lipinski definition) is 0. The summed E-state index contributed by atoms with van der Waals surface area (Å²) in [7, 11) is -3.56. The van der Waals surface area contributed by atoms with E-state index in [9.17, 15) is 13.2 Å². The second-order valence-corrected chi connectivity index (χ2v) is 10.1. The second-order valence-electron chi connectivity index (χ2n) is 6.25. The van der Waals surface area contributed by atoms with E-state index in [4.69, 9.17) is 16.1 Å². The largest absolute Gasteiger partial charge is 0.361 e. The highest BCUT2D eigenvalue weighted by Gasteiger charge is 2.33. The van der Waals surface area contributed by atoms with Crippen LogP contribution in [0.4, 0.5) is 0 Å². The molecule has 3 heterocycles. The number of aryl methyl sites for hydroxylation is 2. The first kappa shape index (κ1) is 19.3. The molecule has 0 N–H and O–H groups in total. The summed E-state index contributed by atoms with van der Waals surface area (Å²) >= 11 is 6.89. The van der Waals surface area contributed by atoms with Crippen molar-refractivity contribution in [3.05, 3.63) is 33.5 Å². The normalized spacial score (nSPS) is 17.5. The van der Waals surface area contributed by atoms with Crippen LogP contribution in [0, 0.1) is 13.8 Å². The van der Waals surface area contributed by atoms with Gasteiger partial charge in [-0.25, -0.2) is 8.42 Å². The highest BCUT2D eigenvalue weighted by Crippen LogP contribution is 2.29. The van der Waals surface area contributed by atoms with E-state index in [1.54, 1.807) is 17.9 Å². The highest BCUT2D eigenvalue weighted by atomic mass is 35.5. The lowest BCUT2D eigenvalue weighted by atomic mass is 9.98. The molecule has 2 aromatic rings. The monoisotopic (exact) mass is 417 g/mol. The van der Waals surface area contributed by atoms with Gasteiger partial charge < -0.3 is 9.42 Å². The third-order valence-electron chi connectivity index (χ3n) is 4.59. The van der Waals surface area contributed by atoms with E-state index in [-0.39, 0.29) is 29.1 Å². The van der Waals surface area contributed by atoms with E-state index in [1.807, 2.05) is 13.8 Å². The van der Waals surface area contributed by atoms with Crippen LogP contribution in [0.1, 0.15) is 29.9 Å². The average molecular weight is 418 g/mol. The van der Waals surface area contributed by atoms with E-state index >= 15 is 0 Å². The molecular formula is C16H20ClN3O4S2. The van der Waals surface area contributed by atoms with Crippen molar-refractivity contribution in [2.75, 3.05) is 26.2 Å². The maximum absolute atomic E-state index is 12.8. The summed E-state index contributed by atoms with van der Waals surface area (Å²) in [5.41, 5.74) is 1.51. The summed E-state index contributed by atoms with van der Waals surface area (Å²) in [5.74, 6) is 0.218. The zero-order valence-electron chi connectivity index (χ0n) is 14.7. The fourth-order valence-corrected chi connectivity index (χ4v) is 6.28. The Kier molecular flexibility index (Phi) is 5.43. The van der Waals surface area contributed by atoms with Crippen molar-refractivity contribution in [2.24, 2.45) is 0 Å². The van der Waals surface area contributed by atoms with Gasteiger partial charge in [0.2, 0.25) is 5.91 Å². The molecule has 1 unspecified atom stereocenters. The zero-order chi connectivity index (χ0) is 19.1. The molecule has 1 amide bonds. The number of sulfonamides is 1. The topological polar surface area (TPSA) is 83.7 Å². The van der Waals surface area contributed by atoms with Gasteiger partial charge >= 0.3 is 0 Å². The van der Waals surface area contributed by atoms with Crippen LogP contribution < -0.4 is 0 Å². The molecular weight excluding hydrogens is 398 g/mol. The number of aromatic nitrogens is 1. The number of thiophene rings is 1. The Morgan fingerprint density at radius 1 is 1.27 bits per heavy atom. The minimum Gasteiger partial charge on any atom is -0.361 e. The van der Waals surface area contributed by atoms with Gasteiger partial charge in [-0.15, -0.1) is 11.3 Å². The molecule has 0 aliphatic carbocycles. The third-order valence-corrected chi connectivity index (χ3v) is 8.18. The first-order valence-electron chi connectivity index (χ1n) is 8.19. The smallest absolute Gasteiger partial charge is 0.252 e. The van der Waals surface area contributed by atoms with Crippen LogP contribution in [0.25, 0.3) is 0 Å². The SMILES string of the molecule is Cc1noc(C)c1C(C)C(=O)N1CCN(S(=O)(=O)c2ccc(Cl)s2)CC1. The van der Waals surface area contributed by atoms with Crippen molar-refractivity contribution in [3.63, 3.8) is 0 Å². The summed E-state index contributed by atoms with van der Waals surface area (Å²) in [5, 5.41) is 3.90. The predicted molar refractivity (Wildman–Crippen MR) is 99.1 cm³/mol. The van der Waals surface area contributed by atoms with Gasteiger partial charge in [-0.3, -0.25) is 4.79 Å². The van der Waals surface area contributed by atoms with Gasteiger partial charge in [0.05, 0.1) is 15.9 Å². The van der Waals surface area contributed by atoms with Crippen molar-refractivity contribution in [3.8, 4) is 0 Å². The van der Waals surface area contributed by atoms with E-state index in [1.165, 1.54) is 10.4 Å². The van der Waals surface area contributed by atoms with E-state index in [0.717, 1.165) is 16.9 Å². The van der Waals surface area contributed by atoms with Crippen LogP contribution >= 0.6 is 22.9 Å². The van der Waals surface area contributed by atoms with E-state index in [0.29, 0.717) is 28.9 Å². The number of hydrogen-bond acceptors (Lipinski definition) is 6. The van der Waals surface area contributed by atoms with Gasteiger partial charge in [0.1, 0.15) is 9.97 Å². The summed E-state index contributed by atoms with van der Waals surface area (Å²) in [6, 6.07) is 3.09. The number of amides is 1. The first-order chi connectivity index (χ1) is 12.2. The number of rotatable bonds is 4. The zero-order valence-corrected chi connectivity index (χ0v) is 17.1. The molecule has 10 heteroatoms. The van der Waals surface area contributed by atoms with Crippen LogP contribution in [0.2, 0.25) is 4.34 Å². The molecule has 1 atom stereocenters. The fraction of sp³-hybridized carbons (Fsp3) is 0.500. The molecule has 0 radical (unpaired) electrons. The van der Waals surface area contributed by atoms with Crippen molar-refractivity contribution in [1.29, 1.82) is 0 Å². The van der Waals surface area contributed by atoms with Gasteiger partial charge in [0.25, 0.3) is 10.0 Å². The minimum absolute atomic E-state index is 0.0457. The Balaban J connectivity index is 1.67. The number of piperazine rings is 1. The molecule has 7 nitrogen and oxygen atoms in total.